The second-order valence-corrected chi connectivity index (χ2v) is 4.61. The van der Waals surface area contributed by atoms with E-state index in [1.54, 1.807) is 24.3 Å². The van der Waals surface area contributed by atoms with Crippen LogP contribution in [-0.4, -0.2) is 5.91 Å². The number of nitriles is 1. The van der Waals surface area contributed by atoms with Crippen molar-refractivity contribution in [3.05, 3.63) is 64.7 Å². The van der Waals surface area contributed by atoms with Gasteiger partial charge in [-0.1, -0.05) is 31.2 Å². The molecule has 2 rings (SSSR count). The first-order valence-electron chi connectivity index (χ1n) is 6.55. The Morgan fingerprint density at radius 2 is 2.00 bits per heavy atom. The highest BCUT2D eigenvalue weighted by Gasteiger charge is 2.10. The van der Waals surface area contributed by atoms with Crippen molar-refractivity contribution in [2.24, 2.45) is 0 Å². The lowest BCUT2D eigenvalue weighted by atomic mass is 10.0. The van der Waals surface area contributed by atoms with Crippen LogP contribution < -0.4 is 5.32 Å². The molecule has 1 N–H and O–H groups in total. The van der Waals surface area contributed by atoms with Crippen LogP contribution in [0.5, 0.6) is 0 Å². The van der Waals surface area contributed by atoms with Crippen molar-refractivity contribution in [2.75, 3.05) is 5.32 Å². The Morgan fingerprint density at radius 3 is 2.70 bits per heavy atom. The van der Waals surface area contributed by atoms with Crippen LogP contribution in [0, 0.1) is 18.3 Å². The summed E-state index contributed by atoms with van der Waals surface area (Å²) in [6.07, 6.45) is 0.857. The van der Waals surface area contributed by atoms with Crippen LogP contribution in [0.2, 0.25) is 0 Å². The summed E-state index contributed by atoms with van der Waals surface area (Å²) >= 11 is 0. The van der Waals surface area contributed by atoms with Gasteiger partial charge in [-0.25, -0.2) is 0 Å². The van der Waals surface area contributed by atoms with Gasteiger partial charge in [0.2, 0.25) is 0 Å². The Morgan fingerprint density at radius 1 is 1.25 bits per heavy atom. The molecule has 0 unspecified atom stereocenters. The molecule has 0 atom stereocenters. The number of amides is 1. The highest BCUT2D eigenvalue weighted by atomic mass is 16.1. The number of hydrogen-bond donors (Lipinski definition) is 1. The van der Waals surface area contributed by atoms with Crippen molar-refractivity contribution in [2.45, 2.75) is 20.3 Å². The maximum atomic E-state index is 12.3. The van der Waals surface area contributed by atoms with Crippen LogP contribution in [0.25, 0.3) is 0 Å². The summed E-state index contributed by atoms with van der Waals surface area (Å²) in [5.74, 6) is -0.189. The van der Waals surface area contributed by atoms with Crippen molar-refractivity contribution in [1.82, 2.24) is 0 Å². The standard InChI is InChI=1S/C17H16N2O/c1-3-14-8-4-6-12(2)16(14)19-17(20)15-9-5-7-13(10-15)11-18/h4-10H,3H2,1-2H3,(H,19,20). The smallest absolute Gasteiger partial charge is 0.255 e. The van der Waals surface area contributed by atoms with Gasteiger partial charge in [0.05, 0.1) is 11.6 Å². The third kappa shape index (κ3) is 2.86. The molecule has 2 aromatic carbocycles. The van der Waals surface area contributed by atoms with E-state index in [9.17, 15) is 4.79 Å². The van der Waals surface area contributed by atoms with Gasteiger partial charge in [-0.05, 0) is 42.7 Å². The maximum absolute atomic E-state index is 12.3. The predicted molar refractivity (Wildman–Crippen MR) is 79.7 cm³/mol. The number of aryl methyl sites for hydroxylation is 2. The normalized spacial score (nSPS) is 9.85. The first kappa shape index (κ1) is 13.8. The first-order valence-corrected chi connectivity index (χ1v) is 6.55. The molecule has 0 saturated carbocycles. The zero-order valence-corrected chi connectivity index (χ0v) is 11.6. The molecular weight excluding hydrogens is 248 g/mol. The van der Waals surface area contributed by atoms with Crippen molar-refractivity contribution >= 4 is 11.6 Å². The zero-order valence-electron chi connectivity index (χ0n) is 11.6. The molecular formula is C17H16N2O. The fourth-order valence-corrected chi connectivity index (χ4v) is 2.12. The molecule has 0 fully saturated rings. The molecule has 0 aliphatic carbocycles. The molecule has 0 radical (unpaired) electrons. The maximum Gasteiger partial charge on any atom is 0.255 e. The quantitative estimate of drug-likeness (QED) is 0.919. The second-order valence-electron chi connectivity index (χ2n) is 4.61. The number of benzene rings is 2. The predicted octanol–water partition coefficient (Wildman–Crippen LogP) is 3.68. The van der Waals surface area contributed by atoms with Gasteiger partial charge in [0.1, 0.15) is 0 Å². The number of carbonyl (C=O) groups excluding carboxylic acids is 1. The minimum Gasteiger partial charge on any atom is -0.321 e. The van der Waals surface area contributed by atoms with E-state index in [-0.39, 0.29) is 5.91 Å². The van der Waals surface area contributed by atoms with Gasteiger partial charge in [-0.3, -0.25) is 4.79 Å². The number of carbonyl (C=O) groups is 1. The van der Waals surface area contributed by atoms with Crippen LogP contribution in [0.15, 0.2) is 42.5 Å². The van der Waals surface area contributed by atoms with Gasteiger partial charge >= 0.3 is 0 Å². The third-order valence-corrected chi connectivity index (χ3v) is 3.23. The lowest BCUT2D eigenvalue weighted by molar-refractivity contribution is 0.102. The average Bonchev–Trinajstić information content (AvgIpc) is 2.49. The Hall–Kier alpha value is -2.60. The monoisotopic (exact) mass is 264 g/mol. The van der Waals surface area contributed by atoms with Crippen LogP contribution in [0.1, 0.15) is 34.0 Å². The molecule has 0 aliphatic heterocycles. The summed E-state index contributed by atoms with van der Waals surface area (Å²) in [4.78, 5) is 12.3. The minimum absolute atomic E-state index is 0.189. The largest absolute Gasteiger partial charge is 0.321 e. The average molecular weight is 264 g/mol. The van der Waals surface area contributed by atoms with E-state index in [1.807, 2.05) is 31.2 Å². The molecule has 0 spiro atoms. The van der Waals surface area contributed by atoms with Gasteiger partial charge in [0, 0.05) is 11.3 Å². The molecule has 1 amide bonds. The Kier molecular flexibility index (Phi) is 4.17. The number of rotatable bonds is 3. The van der Waals surface area contributed by atoms with Gasteiger partial charge in [0.25, 0.3) is 5.91 Å². The Bertz CT molecular complexity index is 684. The van der Waals surface area contributed by atoms with E-state index in [0.717, 1.165) is 23.2 Å². The van der Waals surface area contributed by atoms with Gasteiger partial charge in [-0.15, -0.1) is 0 Å². The summed E-state index contributed by atoms with van der Waals surface area (Å²) in [5, 5.41) is 11.8. The van der Waals surface area contributed by atoms with Crippen molar-refractivity contribution in [3.63, 3.8) is 0 Å². The minimum atomic E-state index is -0.189. The van der Waals surface area contributed by atoms with Gasteiger partial charge in [-0.2, -0.15) is 5.26 Å². The third-order valence-electron chi connectivity index (χ3n) is 3.23. The molecule has 20 heavy (non-hydrogen) atoms. The molecule has 3 heteroatoms. The van der Waals surface area contributed by atoms with E-state index in [1.165, 1.54) is 0 Å². The Labute approximate surface area is 118 Å². The lowest BCUT2D eigenvalue weighted by Gasteiger charge is -2.13. The zero-order chi connectivity index (χ0) is 14.5. The molecule has 0 aliphatic rings. The van der Waals surface area contributed by atoms with Crippen LogP contribution in [0.3, 0.4) is 0 Å². The summed E-state index contributed by atoms with van der Waals surface area (Å²) in [6.45, 7) is 4.03. The summed E-state index contributed by atoms with van der Waals surface area (Å²) in [6, 6.07) is 14.7. The molecule has 0 bridgehead atoms. The number of para-hydroxylation sites is 1. The lowest BCUT2D eigenvalue weighted by Crippen LogP contribution is -2.14. The van der Waals surface area contributed by atoms with Gasteiger partial charge in [0.15, 0.2) is 0 Å². The first-order chi connectivity index (χ1) is 9.65. The van der Waals surface area contributed by atoms with Crippen molar-refractivity contribution in [1.29, 1.82) is 5.26 Å². The SMILES string of the molecule is CCc1cccc(C)c1NC(=O)c1cccc(C#N)c1. The van der Waals surface area contributed by atoms with E-state index >= 15 is 0 Å². The highest BCUT2D eigenvalue weighted by Crippen LogP contribution is 2.22. The highest BCUT2D eigenvalue weighted by molar-refractivity contribution is 6.05. The molecule has 3 nitrogen and oxygen atoms in total. The van der Waals surface area contributed by atoms with E-state index in [4.69, 9.17) is 5.26 Å². The van der Waals surface area contributed by atoms with E-state index < -0.39 is 0 Å². The number of nitrogens with one attached hydrogen (secondary N) is 1. The topological polar surface area (TPSA) is 52.9 Å². The molecule has 0 saturated heterocycles. The van der Waals surface area contributed by atoms with E-state index in [2.05, 4.69) is 12.2 Å². The fourth-order valence-electron chi connectivity index (χ4n) is 2.12. The molecule has 0 heterocycles. The number of anilines is 1. The molecule has 2 aromatic rings. The number of hydrogen-bond acceptors (Lipinski definition) is 2. The van der Waals surface area contributed by atoms with Crippen molar-refractivity contribution in [3.8, 4) is 6.07 Å². The number of nitrogens with zero attached hydrogens (tertiary/aromatic N) is 1. The van der Waals surface area contributed by atoms with E-state index in [0.29, 0.717) is 11.1 Å². The van der Waals surface area contributed by atoms with Crippen LogP contribution in [0.4, 0.5) is 5.69 Å². The molecule has 100 valence electrons. The van der Waals surface area contributed by atoms with Crippen LogP contribution in [-0.2, 0) is 6.42 Å². The summed E-state index contributed by atoms with van der Waals surface area (Å²) < 4.78 is 0. The summed E-state index contributed by atoms with van der Waals surface area (Å²) in [7, 11) is 0. The van der Waals surface area contributed by atoms with Gasteiger partial charge < -0.3 is 5.32 Å². The molecule has 0 aromatic heterocycles. The fraction of sp³-hybridized carbons (Fsp3) is 0.176. The van der Waals surface area contributed by atoms with Crippen molar-refractivity contribution < 1.29 is 4.79 Å². The van der Waals surface area contributed by atoms with Crippen LogP contribution >= 0.6 is 0 Å². The second kappa shape index (κ2) is 6.03. The Balaban J connectivity index is 2.30. The summed E-state index contributed by atoms with van der Waals surface area (Å²) in [5.41, 5.74) is 3.98.